The van der Waals surface area contributed by atoms with E-state index >= 15 is 0 Å². The normalized spacial score (nSPS) is 13.8. The molecule has 106 valence electrons. The van der Waals surface area contributed by atoms with E-state index < -0.39 is 17.6 Å². The number of hydrogen-bond donors (Lipinski definition) is 3. The second-order valence-electron chi connectivity index (χ2n) is 4.01. The highest BCUT2D eigenvalue weighted by Gasteiger charge is 2.30. The van der Waals surface area contributed by atoms with Crippen molar-refractivity contribution >= 4 is 12.0 Å². The van der Waals surface area contributed by atoms with Crippen molar-refractivity contribution in [1.29, 1.82) is 0 Å². The van der Waals surface area contributed by atoms with Gasteiger partial charge in [0.25, 0.3) is 0 Å². The molecule has 0 rings (SSSR count). The Balaban J connectivity index is 4.16. The number of rotatable bonds is 8. The maximum atomic E-state index is 11.7. The van der Waals surface area contributed by atoms with E-state index in [2.05, 4.69) is 5.32 Å². The fourth-order valence-corrected chi connectivity index (χ4v) is 1.16. The quantitative estimate of drug-likeness (QED) is 0.530. The van der Waals surface area contributed by atoms with Gasteiger partial charge in [-0.3, -0.25) is 0 Å². The van der Waals surface area contributed by atoms with Crippen molar-refractivity contribution in [2.45, 2.75) is 26.4 Å². The third-order valence-electron chi connectivity index (χ3n) is 2.42. The fourth-order valence-electron chi connectivity index (χ4n) is 1.16. The lowest BCUT2D eigenvalue weighted by Gasteiger charge is -2.24. The lowest BCUT2D eigenvalue weighted by atomic mass is 10.1. The first kappa shape index (κ1) is 16.7. The minimum absolute atomic E-state index is 0.341. The molecule has 0 aromatic carbocycles. The minimum Gasteiger partial charge on any atom is -0.479 e. The monoisotopic (exact) mass is 262 g/mol. The summed E-state index contributed by atoms with van der Waals surface area (Å²) in [6, 6.07) is -0.418. The number of aliphatic hydroxyl groups is 1. The fraction of sp³-hybridized carbons (Fsp3) is 0.818. The average Bonchev–Trinajstić information content (AvgIpc) is 2.31. The molecule has 7 nitrogen and oxygen atoms in total. The number of amides is 2. The third-order valence-corrected chi connectivity index (χ3v) is 2.42. The first-order valence-corrected chi connectivity index (χ1v) is 5.91. The molecule has 0 aromatic rings. The second kappa shape index (κ2) is 7.88. The summed E-state index contributed by atoms with van der Waals surface area (Å²) in [5.41, 5.74) is -1.96. The topological polar surface area (TPSA) is 99.1 Å². The number of carbonyl (C=O) groups excluding carboxylic acids is 1. The number of nitrogens with zero attached hydrogens (tertiary/aromatic N) is 1. The van der Waals surface area contributed by atoms with E-state index in [1.165, 1.54) is 4.90 Å². The molecule has 0 bridgehead atoms. The highest BCUT2D eigenvalue weighted by Crippen LogP contribution is 2.01. The molecule has 0 spiro atoms. The minimum atomic E-state index is -1.96. The average molecular weight is 262 g/mol. The standard InChI is InChI=1S/C11H22N2O5/c1-4-13(6-7-18-5-2)10(16)12-8-11(3,17)9(14)15/h17H,4-8H2,1-3H3,(H,12,16)(H,14,15). The Morgan fingerprint density at radius 3 is 2.44 bits per heavy atom. The molecule has 18 heavy (non-hydrogen) atoms. The first-order valence-electron chi connectivity index (χ1n) is 5.91. The van der Waals surface area contributed by atoms with Gasteiger partial charge in [0.15, 0.2) is 5.60 Å². The number of aliphatic carboxylic acids is 1. The van der Waals surface area contributed by atoms with Gasteiger partial charge in [0, 0.05) is 19.7 Å². The van der Waals surface area contributed by atoms with Crippen LogP contribution < -0.4 is 5.32 Å². The molecule has 0 saturated heterocycles. The van der Waals surface area contributed by atoms with Crippen molar-refractivity contribution in [3.8, 4) is 0 Å². The summed E-state index contributed by atoms with van der Waals surface area (Å²) in [4.78, 5) is 23.8. The summed E-state index contributed by atoms with van der Waals surface area (Å²) >= 11 is 0. The van der Waals surface area contributed by atoms with Gasteiger partial charge in [-0.2, -0.15) is 0 Å². The van der Waals surface area contributed by atoms with E-state index in [0.717, 1.165) is 6.92 Å². The van der Waals surface area contributed by atoms with E-state index in [9.17, 15) is 14.7 Å². The van der Waals surface area contributed by atoms with E-state index in [1.54, 1.807) is 6.92 Å². The molecular weight excluding hydrogens is 240 g/mol. The molecule has 0 aromatic heterocycles. The van der Waals surface area contributed by atoms with E-state index in [-0.39, 0.29) is 6.54 Å². The highest BCUT2D eigenvalue weighted by molar-refractivity contribution is 5.79. The summed E-state index contributed by atoms with van der Waals surface area (Å²) in [6.07, 6.45) is 0. The summed E-state index contributed by atoms with van der Waals surface area (Å²) in [5.74, 6) is -1.37. The van der Waals surface area contributed by atoms with Crippen LogP contribution >= 0.6 is 0 Å². The molecule has 2 amide bonds. The van der Waals surface area contributed by atoms with Crippen LogP contribution in [-0.4, -0.2) is 65.6 Å². The summed E-state index contributed by atoms with van der Waals surface area (Å²) < 4.78 is 5.13. The van der Waals surface area contributed by atoms with Gasteiger partial charge < -0.3 is 25.2 Å². The largest absolute Gasteiger partial charge is 0.479 e. The molecular formula is C11H22N2O5. The van der Waals surface area contributed by atoms with Crippen LogP contribution in [0.2, 0.25) is 0 Å². The SMILES string of the molecule is CCOCCN(CC)C(=O)NCC(C)(O)C(=O)O. The predicted molar refractivity (Wildman–Crippen MR) is 65.4 cm³/mol. The lowest BCUT2D eigenvalue weighted by Crippen LogP contribution is -2.50. The number of likely N-dealkylation sites (N-methyl/N-ethyl adjacent to an activating group) is 1. The number of carboxylic acid groups (broad SMARTS) is 1. The Labute approximate surface area is 107 Å². The molecule has 1 atom stereocenters. The van der Waals surface area contributed by atoms with Crippen molar-refractivity contribution in [3.05, 3.63) is 0 Å². The number of hydrogen-bond acceptors (Lipinski definition) is 4. The van der Waals surface area contributed by atoms with Crippen molar-refractivity contribution < 1.29 is 24.5 Å². The predicted octanol–water partition coefficient (Wildman–Crippen LogP) is -0.110. The van der Waals surface area contributed by atoms with E-state index in [1.807, 2.05) is 6.92 Å². The van der Waals surface area contributed by atoms with Crippen LogP contribution in [0.4, 0.5) is 4.79 Å². The molecule has 0 radical (unpaired) electrons. The molecule has 0 aliphatic rings. The van der Waals surface area contributed by atoms with Gasteiger partial charge in [0.1, 0.15) is 0 Å². The van der Waals surface area contributed by atoms with Crippen LogP contribution in [0.25, 0.3) is 0 Å². The zero-order chi connectivity index (χ0) is 14.2. The number of carbonyl (C=O) groups is 2. The van der Waals surface area contributed by atoms with Gasteiger partial charge in [-0.25, -0.2) is 9.59 Å². The maximum Gasteiger partial charge on any atom is 0.337 e. The molecule has 0 fully saturated rings. The van der Waals surface area contributed by atoms with Crippen LogP contribution in [0.1, 0.15) is 20.8 Å². The number of carboxylic acids is 1. The summed E-state index contributed by atoms with van der Waals surface area (Å²) in [7, 11) is 0. The smallest absolute Gasteiger partial charge is 0.337 e. The highest BCUT2D eigenvalue weighted by atomic mass is 16.5. The zero-order valence-corrected chi connectivity index (χ0v) is 11.1. The van der Waals surface area contributed by atoms with Gasteiger partial charge in [-0.1, -0.05) is 0 Å². The van der Waals surface area contributed by atoms with Crippen molar-refractivity contribution in [1.82, 2.24) is 10.2 Å². The summed E-state index contributed by atoms with van der Waals surface area (Å²) in [5, 5.41) is 20.5. The molecule has 7 heteroatoms. The third kappa shape index (κ3) is 5.83. The first-order chi connectivity index (χ1) is 8.35. The Kier molecular flexibility index (Phi) is 7.30. The van der Waals surface area contributed by atoms with Gasteiger partial charge in [0.05, 0.1) is 13.2 Å². The summed E-state index contributed by atoms with van der Waals surface area (Å²) in [6.45, 7) is 6.36. The number of urea groups is 1. The van der Waals surface area contributed by atoms with Crippen molar-refractivity contribution in [2.24, 2.45) is 0 Å². The molecule has 0 saturated carbocycles. The Morgan fingerprint density at radius 2 is 2.00 bits per heavy atom. The Morgan fingerprint density at radius 1 is 1.39 bits per heavy atom. The van der Waals surface area contributed by atoms with Gasteiger partial charge >= 0.3 is 12.0 Å². The molecule has 0 aliphatic heterocycles. The molecule has 0 aliphatic carbocycles. The van der Waals surface area contributed by atoms with Gasteiger partial charge in [-0.15, -0.1) is 0 Å². The second-order valence-corrected chi connectivity index (χ2v) is 4.01. The molecule has 1 unspecified atom stereocenters. The number of nitrogens with one attached hydrogen (secondary N) is 1. The van der Waals surface area contributed by atoms with Crippen molar-refractivity contribution in [2.75, 3.05) is 32.8 Å². The lowest BCUT2D eigenvalue weighted by molar-refractivity contribution is -0.155. The van der Waals surface area contributed by atoms with E-state index in [4.69, 9.17) is 9.84 Å². The zero-order valence-electron chi connectivity index (χ0n) is 11.1. The molecule has 0 heterocycles. The van der Waals surface area contributed by atoms with Crippen LogP contribution in [0, 0.1) is 0 Å². The van der Waals surface area contributed by atoms with Crippen LogP contribution in [0.15, 0.2) is 0 Å². The Hall–Kier alpha value is -1.34. The van der Waals surface area contributed by atoms with Crippen LogP contribution in [0.3, 0.4) is 0 Å². The molecule has 3 N–H and O–H groups in total. The Bertz CT molecular complexity index is 281. The maximum absolute atomic E-state index is 11.7. The van der Waals surface area contributed by atoms with Gasteiger partial charge in [0.2, 0.25) is 0 Å². The van der Waals surface area contributed by atoms with Gasteiger partial charge in [-0.05, 0) is 20.8 Å². The number of ether oxygens (including phenoxy) is 1. The van der Waals surface area contributed by atoms with Crippen LogP contribution in [0.5, 0.6) is 0 Å². The van der Waals surface area contributed by atoms with Crippen LogP contribution in [-0.2, 0) is 9.53 Å². The van der Waals surface area contributed by atoms with E-state index in [0.29, 0.717) is 26.3 Å². The van der Waals surface area contributed by atoms with Crippen molar-refractivity contribution in [3.63, 3.8) is 0 Å².